The SMILES string of the molecule is O=CN/N=C/c1cccc(N(c2ccccc2)c2ccccc2)c1. The number of amides is 1. The van der Waals surface area contributed by atoms with Crippen LogP contribution in [0.5, 0.6) is 0 Å². The van der Waals surface area contributed by atoms with E-state index >= 15 is 0 Å². The molecule has 0 aliphatic carbocycles. The number of hydrazone groups is 1. The third kappa shape index (κ3) is 3.67. The van der Waals surface area contributed by atoms with Crippen molar-refractivity contribution in [3.63, 3.8) is 0 Å². The van der Waals surface area contributed by atoms with Gasteiger partial charge in [0.1, 0.15) is 0 Å². The first-order valence-corrected chi connectivity index (χ1v) is 7.61. The summed E-state index contributed by atoms with van der Waals surface area (Å²) in [5.41, 5.74) is 6.35. The molecule has 118 valence electrons. The van der Waals surface area contributed by atoms with E-state index < -0.39 is 0 Å². The summed E-state index contributed by atoms with van der Waals surface area (Å²) < 4.78 is 0. The summed E-state index contributed by atoms with van der Waals surface area (Å²) in [5, 5.41) is 3.84. The Morgan fingerprint density at radius 1 is 0.750 bits per heavy atom. The van der Waals surface area contributed by atoms with Crippen molar-refractivity contribution in [1.29, 1.82) is 0 Å². The summed E-state index contributed by atoms with van der Waals surface area (Å²) in [7, 11) is 0. The first kappa shape index (κ1) is 15.5. The third-order valence-corrected chi connectivity index (χ3v) is 3.50. The molecule has 1 amide bonds. The van der Waals surface area contributed by atoms with Crippen molar-refractivity contribution in [3.8, 4) is 0 Å². The van der Waals surface area contributed by atoms with Crippen LogP contribution in [0.15, 0.2) is 90.0 Å². The second kappa shape index (κ2) is 7.74. The molecule has 3 rings (SSSR count). The highest BCUT2D eigenvalue weighted by Crippen LogP contribution is 2.34. The van der Waals surface area contributed by atoms with Gasteiger partial charge in [-0.05, 0) is 42.0 Å². The van der Waals surface area contributed by atoms with E-state index in [2.05, 4.69) is 39.7 Å². The molecule has 0 heterocycles. The van der Waals surface area contributed by atoms with Gasteiger partial charge in [0.25, 0.3) is 0 Å². The van der Waals surface area contributed by atoms with E-state index in [1.807, 2.05) is 60.7 Å². The van der Waals surface area contributed by atoms with Crippen molar-refractivity contribution in [3.05, 3.63) is 90.5 Å². The fraction of sp³-hybridized carbons (Fsp3) is 0. The minimum absolute atomic E-state index is 0.542. The van der Waals surface area contributed by atoms with Gasteiger partial charge in [0, 0.05) is 17.1 Å². The summed E-state index contributed by atoms with van der Waals surface area (Å²) in [4.78, 5) is 12.5. The summed E-state index contributed by atoms with van der Waals surface area (Å²) >= 11 is 0. The first-order valence-electron chi connectivity index (χ1n) is 7.61. The van der Waals surface area contributed by atoms with Gasteiger partial charge in [0.05, 0.1) is 6.21 Å². The minimum atomic E-state index is 0.542. The molecule has 0 radical (unpaired) electrons. The average molecular weight is 315 g/mol. The number of para-hydroxylation sites is 2. The molecule has 0 aliphatic heterocycles. The molecule has 0 atom stereocenters. The molecule has 0 aromatic heterocycles. The Morgan fingerprint density at radius 2 is 1.33 bits per heavy atom. The number of carbonyl (C=O) groups is 1. The van der Waals surface area contributed by atoms with Gasteiger partial charge < -0.3 is 4.90 Å². The van der Waals surface area contributed by atoms with Crippen LogP contribution in [0.2, 0.25) is 0 Å². The maximum atomic E-state index is 10.3. The van der Waals surface area contributed by atoms with E-state index in [-0.39, 0.29) is 0 Å². The van der Waals surface area contributed by atoms with Gasteiger partial charge in [-0.1, -0.05) is 48.5 Å². The minimum Gasteiger partial charge on any atom is -0.310 e. The van der Waals surface area contributed by atoms with Crippen LogP contribution in [0.4, 0.5) is 17.1 Å². The molecule has 0 saturated carbocycles. The van der Waals surface area contributed by atoms with E-state index in [0.29, 0.717) is 6.41 Å². The van der Waals surface area contributed by atoms with Crippen molar-refractivity contribution in [2.45, 2.75) is 0 Å². The lowest BCUT2D eigenvalue weighted by molar-refractivity contribution is -0.109. The Bertz CT molecular complexity index is 777. The number of nitrogens with one attached hydrogen (secondary N) is 1. The number of nitrogens with zero attached hydrogens (tertiary/aromatic N) is 2. The fourth-order valence-corrected chi connectivity index (χ4v) is 2.49. The van der Waals surface area contributed by atoms with Gasteiger partial charge in [-0.3, -0.25) is 4.79 Å². The molecule has 4 heteroatoms. The van der Waals surface area contributed by atoms with Crippen molar-refractivity contribution in [2.24, 2.45) is 5.10 Å². The number of benzene rings is 3. The molecule has 24 heavy (non-hydrogen) atoms. The van der Waals surface area contributed by atoms with Crippen LogP contribution < -0.4 is 10.3 Å². The summed E-state index contributed by atoms with van der Waals surface area (Å²) in [6.07, 6.45) is 2.16. The van der Waals surface area contributed by atoms with Crippen LogP contribution in [0.1, 0.15) is 5.56 Å². The number of carbonyl (C=O) groups excluding carboxylic acids is 1. The van der Waals surface area contributed by atoms with Crippen LogP contribution in [0.3, 0.4) is 0 Å². The first-order chi connectivity index (χ1) is 11.9. The maximum Gasteiger partial charge on any atom is 0.227 e. The third-order valence-electron chi connectivity index (χ3n) is 3.50. The molecule has 1 N–H and O–H groups in total. The quantitative estimate of drug-likeness (QED) is 0.420. The fourth-order valence-electron chi connectivity index (χ4n) is 2.49. The molecule has 0 aliphatic rings. The van der Waals surface area contributed by atoms with Crippen LogP contribution in [-0.2, 0) is 4.79 Å². The molecule has 0 unspecified atom stereocenters. The van der Waals surface area contributed by atoms with Gasteiger partial charge in [-0.15, -0.1) is 0 Å². The molecule has 3 aromatic carbocycles. The molecular weight excluding hydrogens is 298 g/mol. The summed E-state index contributed by atoms with van der Waals surface area (Å²) in [6.45, 7) is 0. The highest BCUT2D eigenvalue weighted by Gasteiger charge is 2.11. The van der Waals surface area contributed by atoms with Crippen molar-refractivity contribution >= 4 is 29.7 Å². The summed E-state index contributed by atoms with van der Waals surface area (Å²) in [6, 6.07) is 28.3. The van der Waals surface area contributed by atoms with Crippen molar-refractivity contribution < 1.29 is 4.79 Å². The van der Waals surface area contributed by atoms with Gasteiger partial charge in [-0.2, -0.15) is 5.10 Å². The topological polar surface area (TPSA) is 44.7 Å². The molecule has 3 aromatic rings. The number of anilines is 3. The van der Waals surface area contributed by atoms with E-state index in [4.69, 9.17) is 0 Å². The smallest absolute Gasteiger partial charge is 0.227 e. The van der Waals surface area contributed by atoms with Crippen LogP contribution >= 0.6 is 0 Å². The van der Waals surface area contributed by atoms with Crippen molar-refractivity contribution in [2.75, 3.05) is 4.90 Å². The predicted molar refractivity (Wildman–Crippen MR) is 97.9 cm³/mol. The lowest BCUT2D eigenvalue weighted by Gasteiger charge is -2.25. The largest absolute Gasteiger partial charge is 0.310 e. The van der Waals surface area contributed by atoms with Crippen LogP contribution in [0, 0.1) is 0 Å². The van der Waals surface area contributed by atoms with Gasteiger partial charge >= 0.3 is 0 Å². The Morgan fingerprint density at radius 3 is 1.92 bits per heavy atom. The molecule has 0 fully saturated rings. The number of rotatable bonds is 6. The van der Waals surface area contributed by atoms with Crippen LogP contribution in [-0.4, -0.2) is 12.6 Å². The Kier molecular flexibility index (Phi) is 5.00. The second-order valence-electron chi connectivity index (χ2n) is 5.11. The van der Waals surface area contributed by atoms with Gasteiger partial charge in [-0.25, -0.2) is 5.43 Å². The predicted octanol–water partition coefficient (Wildman–Crippen LogP) is 4.24. The maximum absolute atomic E-state index is 10.3. The molecular formula is C20H17N3O. The highest BCUT2D eigenvalue weighted by molar-refractivity contribution is 5.84. The average Bonchev–Trinajstić information content (AvgIpc) is 2.64. The van der Waals surface area contributed by atoms with E-state index in [1.165, 1.54) is 0 Å². The van der Waals surface area contributed by atoms with E-state index in [1.54, 1.807) is 6.21 Å². The highest BCUT2D eigenvalue weighted by atomic mass is 16.1. The Balaban J connectivity index is 2.03. The molecule has 0 bridgehead atoms. The Hall–Kier alpha value is -3.40. The van der Waals surface area contributed by atoms with Crippen LogP contribution in [0.25, 0.3) is 0 Å². The normalized spacial score (nSPS) is 10.5. The second-order valence-corrected chi connectivity index (χ2v) is 5.11. The van der Waals surface area contributed by atoms with E-state index in [0.717, 1.165) is 22.6 Å². The zero-order valence-corrected chi connectivity index (χ0v) is 13.0. The van der Waals surface area contributed by atoms with Gasteiger partial charge in [0.15, 0.2) is 0 Å². The monoisotopic (exact) mass is 315 g/mol. The Labute approximate surface area is 141 Å². The molecule has 4 nitrogen and oxygen atoms in total. The van der Waals surface area contributed by atoms with E-state index in [9.17, 15) is 4.79 Å². The lowest BCUT2D eigenvalue weighted by Crippen LogP contribution is -2.10. The standard InChI is InChI=1S/C20H17N3O/c24-16-22-21-15-17-8-7-13-20(14-17)23(18-9-3-1-4-10-18)19-11-5-2-6-12-19/h1-16H,(H,22,24)/b21-15+. The lowest BCUT2D eigenvalue weighted by atomic mass is 10.1. The van der Waals surface area contributed by atoms with Crippen molar-refractivity contribution in [1.82, 2.24) is 5.43 Å². The molecule has 0 spiro atoms. The summed E-state index contributed by atoms with van der Waals surface area (Å²) in [5.74, 6) is 0. The van der Waals surface area contributed by atoms with Gasteiger partial charge in [0.2, 0.25) is 6.41 Å². The number of hydrogen-bond donors (Lipinski definition) is 1. The molecule has 0 saturated heterocycles. The number of hydrogen-bond acceptors (Lipinski definition) is 3. The zero-order chi connectivity index (χ0) is 16.6. The zero-order valence-electron chi connectivity index (χ0n) is 13.0.